The molecule has 4 aliphatic rings. The van der Waals surface area contributed by atoms with Gasteiger partial charge in [0.25, 0.3) is 0 Å². The summed E-state index contributed by atoms with van der Waals surface area (Å²) in [7, 11) is 0. The molecule has 2 fully saturated rings. The number of amides is 1. The number of fused-ring (bicyclic) bond motifs is 7. The Bertz CT molecular complexity index is 1100. The topological polar surface area (TPSA) is 92.1 Å². The van der Waals surface area contributed by atoms with Crippen molar-refractivity contribution in [3.63, 3.8) is 0 Å². The summed E-state index contributed by atoms with van der Waals surface area (Å²) in [5.41, 5.74) is 4.32. The molecular formula is C27H33N3O3. The van der Waals surface area contributed by atoms with Gasteiger partial charge in [-0.05, 0) is 73.3 Å². The van der Waals surface area contributed by atoms with Gasteiger partial charge in [-0.15, -0.1) is 0 Å². The van der Waals surface area contributed by atoms with E-state index in [-0.39, 0.29) is 28.8 Å². The fourth-order valence-corrected chi connectivity index (χ4v) is 7.74. The van der Waals surface area contributed by atoms with Crippen LogP contribution < -0.4 is 5.32 Å². The zero-order valence-corrected chi connectivity index (χ0v) is 20.0. The van der Waals surface area contributed by atoms with Gasteiger partial charge in [-0.1, -0.05) is 25.5 Å². The summed E-state index contributed by atoms with van der Waals surface area (Å²) >= 11 is 0. The lowest BCUT2D eigenvalue weighted by molar-refractivity contribution is -0.148. The molecule has 0 aliphatic heterocycles. The molecule has 6 nitrogen and oxygen atoms in total. The van der Waals surface area contributed by atoms with Crippen molar-refractivity contribution in [3.05, 3.63) is 34.5 Å². The Morgan fingerprint density at radius 2 is 1.91 bits per heavy atom. The molecular weight excluding hydrogens is 414 g/mol. The van der Waals surface area contributed by atoms with Gasteiger partial charge in [0.05, 0.1) is 11.3 Å². The summed E-state index contributed by atoms with van der Waals surface area (Å²) in [6.45, 7) is 7.73. The van der Waals surface area contributed by atoms with Gasteiger partial charge >= 0.3 is 5.97 Å². The highest BCUT2D eigenvalue weighted by Gasteiger charge is 2.58. The molecule has 5 rings (SSSR count). The fourth-order valence-electron chi connectivity index (χ4n) is 7.74. The molecule has 1 N–H and O–H groups in total. The molecule has 1 heterocycles. The Morgan fingerprint density at radius 3 is 2.61 bits per heavy atom. The molecule has 2 saturated carbocycles. The maximum atomic E-state index is 11.7. The van der Waals surface area contributed by atoms with Crippen molar-refractivity contribution in [3.8, 4) is 6.07 Å². The molecule has 3 unspecified atom stereocenters. The zero-order valence-electron chi connectivity index (χ0n) is 20.0. The van der Waals surface area contributed by atoms with Crippen molar-refractivity contribution < 1.29 is 14.3 Å². The summed E-state index contributed by atoms with van der Waals surface area (Å²) in [6.07, 6.45) is 9.57. The average Bonchev–Trinajstić information content (AvgIpc) is 3.04. The molecule has 6 heteroatoms. The van der Waals surface area contributed by atoms with Crippen molar-refractivity contribution in [2.75, 3.05) is 5.32 Å². The van der Waals surface area contributed by atoms with Crippen molar-refractivity contribution in [1.29, 1.82) is 5.26 Å². The smallest absolute Gasteiger partial charge is 0.302 e. The predicted molar refractivity (Wildman–Crippen MR) is 124 cm³/mol. The van der Waals surface area contributed by atoms with E-state index in [9.17, 15) is 14.9 Å². The van der Waals surface area contributed by atoms with E-state index in [1.807, 2.05) is 6.07 Å². The van der Waals surface area contributed by atoms with Gasteiger partial charge in [-0.25, -0.2) is 4.98 Å². The number of esters is 1. The van der Waals surface area contributed by atoms with Crippen LogP contribution in [-0.2, 0) is 26.2 Å². The van der Waals surface area contributed by atoms with Gasteiger partial charge in [-0.3, -0.25) is 9.59 Å². The van der Waals surface area contributed by atoms with Crippen LogP contribution in [0.1, 0.15) is 83.0 Å². The summed E-state index contributed by atoms with van der Waals surface area (Å²) in [5, 5.41) is 12.4. The second-order valence-electron chi connectivity index (χ2n) is 11.1. The number of nitrogens with zero attached hydrogens (tertiary/aromatic N) is 2. The van der Waals surface area contributed by atoms with Crippen LogP contribution in [0.5, 0.6) is 0 Å². The first-order valence-corrected chi connectivity index (χ1v) is 12.2. The van der Waals surface area contributed by atoms with Crippen molar-refractivity contribution >= 4 is 17.7 Å². The normalized spacial score (nSPS) is 36.3. The first-order chi connectivity index (χ1) is 15.7. The van der Waals surface area contributed by atoms with E-state index in [0.717, 1.165) is 50.6 Å². The van der Waals surface area contributed by atoms with E-state index >= 15 is 0 Å². The van der Waals surface area contributed by atoms with Crippen molar-refractivity contribution in [2.45, 2.75) is 84.2 Å². The highest BCUT2D eigenvalue weighted by atomic mass is 16.5. The second kappa shape index (κ2) is 7.68. The maximum absolute atomic E-state index is 11.7. The zero-order chi connectivity index (χ0) is 23.5. The lowest BCUT2D eigenvalue weighted by Gasteiger charge is -2.57. The van der Waals surface area contributed by atoms with Crippen LogP contribution in [0.15, 0.2) is 17.7 Å². The number of anilines is 1. The molecule has 1 aromatic rings. The van der Waals surface area contributed by atoms with E-state index < -0.39 is 0 Å². The minimum absolute atomic E-state index is 0.0174. The number of ether oxygens (including phenoxy) is 1. The summed E-state index contributed by atoms with van der Waals surface area (Å²) in [4.78, 5) is 28.1. The van der Waals surface area contributed by atoms with Gasteiger partial charge in [0.15, 0.2) is 5.82 Å². The molecule has 1 amide bonds. The number of pyridine rings is 1. The van der Waals surface area contributed by atoms with Gasteiger partial charge in [-0.2, -0.15) is 5.26 Å². The Kier molecular flexibility index (Phi) is 5.15. The van der Waals surface area contributed by atoms with Crippen LogP contribution in [0.2, 0.25) is 0 Å². The molecule has 4 aliphatic carbocycles. The van der Waals surface area contributed by atoms with E-state index in [0.29, 0.717) is 29.1 Å². The standard InChI is InChI=1S/C27H33N3O3/c1-15(31)29-25-18(14-28)11-17-12-23-21-6-5-19-13-20(33-16(2)32)7-9-26(19,3)22(21)8-10-27(23,4)24(17)30-25/h5,11,20-23H,6-10,12-13H2,1-4H3,(H,29,30,31)/t20-,21?,22?,23?,26-,27-/m0/s1. The maximum Gasteiger partial charge on any atom is 0.302 e. The predicted octanol–water partition coefficient (Wildman–Crippen LogP) is 4.82. The Balaban J connectivity index is 1.46. The van der Waals surface area contributed by atoms with E-state index in [4.69, 9.17) is 9.72 Å². The van der Waals surface area contributed by atoms with Gasteiger partial charge in [0.1, 0.15) is 12.2 Å². The van der Waals surface area contributed by atoms with E-state index in [2.05, 4.69) is 31.3 Å². The van der Waals surface area contributed by atoms with Crippen LogP contribution in [0.4, 0.5) is 5.82 Å². The number of aromatic nitrogens is 1. The third kappa shape index (κ3) is 3.39. The number of nitriles is 1. The molecule has 6 atom stereocenters. The number of hydrogen-bond donors (Lipinski definition) is 1. The lowest BCUT2D eigenvalue weighted by atomic mass is 9.48. The number of nitrogens with one attached hydrogen (secondary N) is 1. The molecule has 0 bridgehead atoms. The molecule has 0 radical (unpaired) electrons. The molecule has 0 saturated heterocycles. The van der Waals surface area contributed by atoms with Crippen LogP contribution >= 0.6 is 0 Å². The summed E-state index contributed by atoms with van der Waals surface area (Å²) < 4.78 is 5.57. The Hall–Kier alpha value is -2.68. The number of hydrogen-bond acceptors (Lipinski definition) is 5. The minimum atomic E-state index is -0.204. The molecule has 0 spiro atoms. The van der Waals surface area contributed by atoms with Crippen LogP contribution in [0, 0.1) is 34.5 Å². The summed E-state index contributed by atoms with van der Waals surface area (Å²) in [5.74, 6) is 1.69. The first-order valence-electron chi connectivity index (χ1n) is 12.2. The van der Waals surface area contributed by atoms with Gasteiger partial charge in [0.2, 0.25) is 5.91 Å². The Morgan fingerprint density at radius 1 is 1.15 bits per heavy atom. The lowest BCUT2D eigenvalue weighted by Crippen LogP contribution is -2.51. The molecule has 33 heavy (non-hydrogen) atoms. The summed E-state index contributed by atoms with van der Waals surface area (Å²) in [6, 6.07) is 4.18. The third-order valence-corrected chi connectivity index (χ3v) is 9.28. The molecule has 174 valence electrons. The SMILES string of the molecule is CC(=O)Nc1nc2c(cc1C#N)CC1C3CC=C4C[C@@H](OC(C)=O)CC[C@]4(C)C3CC[C@]21C. The monoisotopic (exact) mass is 447 g/mol. The van der Waals surface area contributed by atoms with Crippen molar-refractivity contribution in [2.24, 2.45) is 23.2 Å². The van der Waals surface area contributed by atoms with Gasteiger partial charge in [0, 0.05) is 25.7 Å². The number of carbonyl (C=O) groups excluding carboxylic acids is 2. The van der Waals surface area contributed by atoms with Crippen LogP contribution in [-0.4, -0.2) is 23.0 Å². The molecule has 1 aromatic heterocycles. The van der Waals surface area contributed by atoms with E-state index in [1.54, 1.807) is 0 Å². The number of carbonyl (C=O) groups is 2. The van der Waals surface area contributed by atoms with Crippen LogP contribution in [0.25, 0.3) is 0 Å². The molecule has 0 aromatic carbocycles. The largest absolute Gasteiger partial charge is 0.462 e. The van der Waals surface area contributed by atoms with E-state index in [1.165, 1.54) is 25.0 Å². The first kappa shape index (κ1) is 22.1. The highest BCUT2D eigenvalue weighted by Crippen LogP contribution is 2.64. The minimum Gasteiger partial charge on any atom is -0.462 e. The van der Waals surface area contributed by atoms with Gasteiger partial charge < -0.3 is 10.1 Å². The number of allylic oxidation sites excluding steroid dienone is 1. The fraction of sp³-hybridized carbons (Fsp3) is 0.630. The second-order valence-corrected chi connectivity index (χ2v) is 11.1. The number of rotatable bonds is 2. The average molecular weight is 448 g/mol. The third-order valence-electron chi connectivity index (χ3n) is 9.28. The quantitative estimate of drug-likeness (QED) is 0.518. The highest BCUT2D eigenvalue weighted by molar-refractivity contribution is 5.89. The Labute approximate surface area is 195 Å². The van der Waals surface area contributed by atoms with Crippen LogP contribution in [0.3, 0.4) is 0 Å². The van der Waals surface area contributed by atoms with Crippen molar-refractivity contribution in [1.82, 2.24) is 4.98 Å².